The van der Waals surface area contributed by atoms with Gasteiger partial charge in [-0.15, -0.1) is 0 Å². The van der Waals surface area contributed by atoms with E-state index in [0.717, 1.165) is 12.8 Å². The summed E-state index contributed by atoms with van der Waals surface area (Å²) in [4.78, 5) is 24.3. The van der Waals surface area contributed by atoms with E-state index in [4.69, 9.17) is 9.47 Å². The summed E-state index contributed by atoms with van der Waals surface area (Å²) in [6.07, 6.45) is 5.61. The molecule has 1 fully saturated rings. The molecule has 2 bridgehead atoms. The van der Waals surface area contributed by atoms with E-state index >= 15 is 0 Å². The van der Waals surface area contributed by atoms with Gasteiger partial charge in [-0.3, -0.25) is 9.59 Å². The fourth-order valence-electron chi connectivity index (χ4n) is 3.04. The SMILES string of the molecule is O=C(OCCS)C1C2C=CC(C2)C1C(=O)OCCCS. The van der Waals surface area contributed by atoms with Crippen LogP contribution in [0.2, 0.25) is 0 Å². The molecule has 6 heteroatoms. The summed E-state index contributed by atoms with van der Waals surface area (Å²) < 4.78 is 10.4. The summed E-state index contributed by atoms with van der Waals surface area (Å²) in [5.41, 5.74) is 0. The average Bonchev–Trinajstić information content (AvgIpc) is 3.05. The van der Waals surface area contributed by atoms with Crippen LogP contribution in [0.5, 0.6) is 0 Å². The summed E-state index contributed by atoms with van der Waals surface area (Å²) in [7, 11) is 0. The Morgan fingerprint density at radius 2 is 1.50 bits per heavy atom. The molecule has 0 radical (unpaired) electrons. The second kappa shape index (κ2) is 7.41. The Morgan fingerprint density at radius 3 is 2.00 bits per heavy atom. The van der Waals surface area contributed by atoms with E-state index in [-0.39, 0.29) is 30.4 Å². The van der Waals surface area contributed by atoms with Gasteiger partial charge in [-0.25, -0.2) is 0 Å². The standard InChI is InChI=1S/C14H20O4S2/c15-13(17-4-1-6-19)11-9-2-3-10(8-9)12(11)14(16)18-5-7-20/h2-3,9-12,19-20H,1,4-8H2. The van der Waals surface area contributed by atoms with Crippen LogP contribution < -0.4 is 0 Å². The zero-order valence-electron chi connectivity index (χ0n) is 11.2. The molecule has 0 heterocycles. The molecule has 0 amide bonds. The molecule has 4 nitrogen and oxygen atoms in total. The van der Waals surface area contributed by atoms with E-state index in [9.17, 15) is 9.59 Å². The number of carbonyl (C=O) groups excluding carboxylic acids is 2. The maximum atomic E-state index is 12.2. The summed E-state index contributed by atoms with van der Waals surface area (Å²) in [5, 5.41) is 0. The van der Waals surface area contributed by atoms with Crippen LogP contribution in [0.3, 0.4) is 0 Å². The fourth-order valence-corrected chi connectivity index (χ4v) is 3.26. The van der Waals surface area contributed by atoms with Crippen molar-refractivity contribution in [3.63, 3.8) is 0 Å². The van der Waals surface area contributed by atoms with Crippen molar-refractivity contribution in [2.24, 2.45) is 23.7 Å². The highest BCUT2D eigenvalue weighted by Crippen LogP contribution is 2.49. The lowest BCUT2D eigenvalue weighted by atomic mass is 9.83. The molecule has 2 rings (SSSR count). The highest BCUT2D eigenvalue weighted by atomic mass is 32.1. The summed E-state index contributed by atoms with van der Waals surface area (Å²) in [5.74, 6) is 0.0117. The van der Waals surface area contributed by atoms with Crippen LogP contribution in [0.1, 0.15) is 12.8 Å². The lowest BCUT2D eigenvalue weighted by Gasteiger charge is -2.24. The van der Waals surface area contributed by atoms with Gasteiger partial charge in [-0.05, 0) is 30.4 Å². The Bertz CT molecular complexity index is 397. The molecule has 0 N–H and O–H groups in total. The maximum Gasteiger partial charge on any atom is 0.310 e. The second-order valence-corrected chi connectivity index (χ2v) is 6.03. The average molecular weight is 316 g/mol. The van der Waals surface area contributed by atoms with Crippen molar-refractivity contribution in [1.29, 1.82) is 0 Å². The quantitative estimate of drug-likeness (QED) is 0.325. The Labute approximate surface area is 130 Å². The molecule has 112 valence electrons. The van der Waals surface area contributed by atoms with Crippen molar-refractivity contribution in [2.75, 3.05) is 24.7 Å². The molecule has 2 aliphatic rings. The molecule has 4 atom stereocenters. The molecular formula is C14H20O4S2. The van der Waals surface area contributed by atoms with E-state index in [2.05, 4.69) is 25.3 Å². The first kappa shape index (κ1) is 15.8. The number of rotatable bonds is 7. The number of fused-ring (bicyclic) bond motifs is 2. The zero-order valence-corrected chi connectivity index (χ0v) is 13.0. The van der Waals surface area contributed by atoms with E-state index in [1.165, 1.54) is 0 Å². The number of allylic oxidation sites excluding steroid dienone is 2. The van der Waals surface area contributed by atoms with Crippen molar-refractivity contribution >= 4 is 37.2 Å². The van der Waals surface area contributed by atoms with Gasteiger partial charge < -0.3 is 9.47 Å². The van der Waals surface area contributed by atoms with Crippen LogP contribution in [0, 0.1) is 23.7 Å². The minimum Gasteiger partial charge on any atom is -0.465 e. The van der Waals surface area contributed by atoms with E-state index in [1.54, 1.807) is 0 Å². The van der Waals surface area contributed by atoms with Gasteiger partial charge in [0.1, 0.15) is 6.61 Å². The predicted molar refractivity (Wildman–Crippen MR) is 82.0 cm³/mol. The van der Waals surface area contributed by atoms with Crippen LogP contribution >= 0.6 is 25.3 Å². The number of esters is 2. The highest BCUT2D eigenvalue weighted by molar-refractivity contribution is 7.80. The Kier molecular flexibility index (Phi) is 5.84. The Hall–Kier alpha value is -0.620. The van der Waals surface area contributed by atoms with Crippen molar-refractivity contribution < 1.29 is 19.1 Å². The molecule has 0 aromatic heterocycles. The van der Waals surface area contributed by atoms with Crippen molar-refractivity contribution in [2.45, 2.75) is 12.8 Å². The summed E-state index contributed by atoms with van der Waals surface area (Å²) in [6.45, 7) is 0.638. The van der Waals surface area contributed by atoms with Crippen molar-refractivity contribution in [3.05, 3.63) is 12.2 Å². The third kappa shape index (κ3) is 3.34. The monoisotopic (exact) mass is 316 g/mol. The van der Waals surface area contributed by atoms with Gasteiger partial charge >= 0.3 is 11.9 Å². The molecule has 0 saturated heterocycles. The fraction of sp³-hybridized carbons (Fsp3) is 0.714. The third-order valence-electron chi connectivity index (χ3n) is 3.89. The summed E-state index contributed by atoms with van der Waals surface area (Å²) >= 11 is 8.10. The second-order valence-electron chi connectivity index (χ2n) is 5.14. The molecule has 4 unspecified atom stereocenters. The molecule has 0 aromatic rings. The molecular weight excluding hydrogens is 296 g/mol. The minimum atomic E-state index is -0.395. The van der Waals surface area contributed by atoms with Gasteiger partial charge in [-0.1, -0.05) is 12.2 Å². The predicted octanol–water partition coefficient (Wildman–Crippen LogP) is 1.76. The van der Waals surface area contributed by atoms with Crippen LogP contribution in [-0.4, -0.2) is 36.7 Å². The lowest BCUT2D eigenvalue weighted by molar-refractivity contribution is -0.161. The van der Waals surface area contributed by atoms with Gasteiger partial charge in [0, 0.05) is 5.75 Å². The van der Waals surface area contributed by atoms with Crippen LogP contribution in [0.25, 0.3) is 0 Å². The zero-order chi connectivity index (χ0) is 14.5. The smallest absolute Gasteiger partial charge is 0.310 e. The van der Waals surface area contributed by atoms with Crippen LogP contribution in [-0.2, 0) is 19.1 Å². The Balaban J connectivity index is 1.99. The molecule has 1 saturated carbocycles. The lowest BCUT2D eigenvalue weighted by Crippen LogP contribution is -2.35. The van der Waals surface area contributed by atoms with E-state index < -0.39 is 11.8 Å². The summed E-state index contributed by atoms with van der Waals surface area (Å²) in [6, 6.07) is 0. The van der Waals surface area contributed by atoms with Gasteiger partial charge in [0.05, 0.1) is 18.4 Å². The third-order valence-corrected chi connectivity index (χ3v) is 4.38. The molecule has 0 aromatic carbocycles. The van der Waals surface area contributed by atoms with E-state index in [1.807, 2.05) is 12.2 Å². The van der Waals surface area contributed by atoms with Gasteiger partial charge in [-0.2, -0.15) is 25.3 Å². The number of hydrogen-bond acceptors (Lipinski definition) is 6. The number of ether oxygens (including phenoxy) is 2. The normalized spacial score (nSPS) is 30.5. The van der Waals surface area contributed by atoms with Crippen LogP contribution in [0.15, 0.2) is 12.2 Å². The molecule has 20 heavy (non-hydrogen) atoms. The maximum absolute atomic E-state index is 12.2. The Morgan fingerprint density at radius 1 is 0.950 bits per heavy atom. The first-order valence-electron chi connectivity index (χ1n) is 6.92. The van der Waals surface area contributed by atoms with Crippen LogP contribution in [0.4, 0.5) is 0 Å². The topological polar surface area (TPSA) is 52.6 Å². The van der Waals surface area contributed by atoms with Crippen molar-refractivity contribution in [1.82, 2.24) is 0 Å². The number of thiol groups is 2. The number of hydrogen-bond donors (Lipinski definition) is 2. The minimum absolute atomic E-state index is 0.106. The van der Waals surface area contributed by atoms with E-state index in [0.29, 0.717) is 18.1 Å². The number of carbonyl (C=O) groups is 2. The van der Waals surface area contributed by atoms with Gasteiger partial charge in [0.2, 0.25) is 0 Å². The first-order chi connectivity index (χ1) is 9.69. The van der Waals surface area contributed by atoms with Gasteiger partial charge in [0.25, 0.3) is 0 Å². The largest absolute Gasteiger partial charge is 0.465 e. The highest BCUT2D eigenvalue weighted by Gasteiger charge is 2.52. The first-order valence-corrected chi connectivity index (χ1v) is 8.19. The molecule has 2 aliphatic carbocycles. The molecule has 0 spiro atoms. The van der Waals surface area contributed by atoms with Crippen molar-refractivity contribution in [3.8, 4) is 0 Å². The van der Waals surface area contributed by atoms with Gasteiger partial charge in [0.15, 0.2) is 0 Å². The molecule has 0 aliphatic heterocycles.